The van der Waals surface area contributed by atoms with Crippen LogP contribution in [0.2, 0.25) is 0 Å². The predicted molar refractivity (Wildman–Crippen MR) is 102 cm³/mol. The number of methoxy groups -OCH3 is 1. The van der Waals surface area contributed by atoms with Crippen LogP contribution in [0.5, 0.6) is 5.75 Å². The molecule has 0 saturated carbocycles. The molecule has 1 aliphatic heterocycles. The van der Waals surface area contributed by atoms with E-state index in [-0.39, 0.29) is 0 Å². The van der Waals surface area contributed by atoms with E-state index in [9.17, 15) is 0 Å². The summed E-state index contributed by atoms with van der Waals surface area (Å²) in [6.45, 7) is 4.17. The highest BCUT2D eigenvalue weighted by molar-refractivity contribution is 5.49. The third-order valence-corrected chi connectivity index (χ3v) is 4.94. The molecule has 1 aromatic carbocycles. The second-order valence-electron chi connectivity index (χ2n) is 6.50. The van der Waals surface area contributed by atoms with Crippen LogP contribution in [0, 0.1) is 0 Å². The van der Waals surface area contributed by atoms with Gasteiger partial charge in [0.15, 0.2) is 0 Å². The summed E-state index contributed by atoms with van der Waals surface area (Å²) in [6.07, 6.45) is 7.56. The van der Waals surface area contributed by atoms with Gasteiger partial charge in [-0.05, 0) is 43.7 Å². The normalized spacial score (nSPS) is 17.4. The van der Waals surface area contributed by atoms with Gasteiger partial charge in [0.2, 0.25) is 0 Å². The molecule has 1 aliphatic rings. The SMILES string of the molecule is CCC1CCCCN1c1cc(NCCc2ccccc2OC)ncn1. The minimum absolute atomic E-state index is 0.602. The number of benzene rings is 1. The van der Waals surface area contributed by atoms with Crippen LogP contribution >= 0.6 is 0 Å². The van der Waals surface area contributed by atoms with Crippen molar-refractivity contribution in [3.05, 3.63) is 42.2 Å². The number of nitrogens with one attached hydrogen (secondary N) is 1. The van der Waals surface area contributed by atoms with Crippen molar-refractivity contribution in [2.75, 3.05) is 30.4 Å². The maximum Gasteiger partial charge on any atom is 0.134 e. The van der Waals surface area contributed by atoms with Crippen molar-refractivity contribution >= 4 is 11.6 Å². The Hall–Kier alpha value is -2.30. The van der Waals surface area contributed by atoms with Gasteiger partial charge in [-0.3, -0.25) is 0 Å². The molecule has 5 nitrogen and oxygen atoms in total. The Balaban J connectivity index is 1.62. The topological polar surface area (TPSA) is 50.3 Å². The molecule has 134 valence electrons. The summed E-state index contributed by atoms with van der Waals surface area (Å²) in [5.41, 5.74) is 1.20. The first kappa shape index (κ1) is 17.5. The van der Waals surface area contributed by atoms with Gasteiger partial charge in [-0.25, -0.2) is 9.97 Å². The lowest BCUT2D eigenvalue weighted by Crippen LogP contribution is -2.39. The highest BCUT2D eigenvalue weighted by atomic mass is 16.5. The highest BCUT2D eigenvalue weighted by Crippen LogP contribution is 2.26. The minimum Gasteiger partial charge on any atom is -0.496 e. The summed E-state index contributed by atoms with van der Waals surface area (Å²) >= 11 is 0. The zero-order chi connectivity index (χ0) is 17.5. The molecular formula is C20H28N4O. The van der Waals surface area contributed by atoms with Crippen LogP contribution in [0.1, 0.15) is 38.2 Å². The van der Waals surface area contributed by atoms with Gasteiger partial charge >= 0.3 is 0 Å². The average molecular weight is 340 g/mol. The Kier molecular flexibility index (Phi) is 6.09. The van der Waals surface area contributed by atoms with Crippen molar-refractivity contribution in [1.29, 1.82) is 0 Å². The van der Waals surface area contributed by atoms with Gasteiger partial charge in [0.25, 0.3) is 0 Å². The van der Waals surface area contributed by atoms with Gasteiger partial charge in [0, 0.05) is 25.2 Å². The second kappa shape index (κ2) is 8.70. The average Bonchev–Trinajstić information content (AvgIpc) is 2.68. The molecule has 25 heavy (non-hydrogen) atoms. The molecular weight excluding hydrogens is 312 g/mol. The zero-order valence-corrected chi connectivity index (χ0v) is 15.2. The Labute approximate surface area is 150 Å². The zero-order valence-electron chi connectivity index (χ0n) is 15.2. The maximum absolute atomic E-state index is 5.41. The molecule has 0 bridgehead atoms. The number of anilines is 2. The van der Waals surface area contributed by atoms with E-state index in [1.165, 1.54) is 31.2 Å². The summed E-state index contributed by atoms with van der Waals surface area (Å²) in [7, 11) is 1.71. The van der Waals surface area contributed by atoms with Crippen LogP contribution in [-0.4, -0.2) is 36.2 Å². The van der Waals surface area contributed by atoms with Crippen molar-refractivity contribution in [3.8, 4) is 5.75 Å². The van der Waals surface area contributed by atoms with Crippen molar-refractivity contribution in [1.82, 2.24) is 9.97 Å². The lowest BCUT2D eigenvalue weighted by atomic mass is 10.0. The van der Waals surface area contributed by atoms with Crippen molar-refractivity contribution < 1.29 is 4.74 Å². The minimum atomic E-state index is 0.602. The molecule has 0 radical (unpaired) electrons. The molecule has 1 fully saturated rings. The first-order valence-corrected chi connectivity index (χ1v) is 9.26. The third kappa shape index (κ3) is 4.41. The van der Waals surface area contributed by atoms with Crippen LogP contribution in [0.3, 0.4) is 0 Å². The van der Waals surface area contributed by atoms with Crippen molar-refractivity contribution in [2.24, 2.45) is 0 Å². The first-order valence-electron chi connectivity index (χ1n) is 9.26. The summed E-state index contributed by atoms with van der Waals surface area (Å²) < 4.78 is 5.41. The Morgan fingerprint density at radius 1 is 1.24 bits per heavy atom. The Morgan fingerprint density at radius 3 is 2.96 bits per heavy atom. The van der Waals surface area contributed by atoms with Gasteiger partial charge < -0.3 is 15.0 Å². The van der Waals surface area contributed by atoms with E-state index in [2.05, 4.69) is 39.2 Å². The smallest absolute Gasteiger partial charge is 0.134 e. The lowest BCUT2D eigenvalue weighted by molar-refractivity contribution is 0.410. The number of hydrogen-bond donors (Lipinski definition) is 1. The monoisotopic (exact) mass is 340 g/mol. The molecule has 2 aromatic rings. The second-order valence-corrected chi connectivity index (χ2v) is 6.50. The number of hydrogen-bond acceptors (Lipinski definition) is 5. The van der Waals surface area contributed by atoms with E-state index < -0.39 is 0 Å². The number of para-hydroxylation sites is 1. The molecule has 1 N–H and O–H groups in total. The molecule has 5 heteroatoms. The van der Waals surface area contributed by atoms with E-state index in [1.54, 1.807) is 13.4 Å². The largest absolute Gasteiger partial charge is 0.496 e. The molecule has 0 amide bonds. The van der Waals surface area contributed by atoms with Crippen molar-refractivity contribution in [3.63, 3.8) is 0 Å². The molecule has 1 saturated heterocycles. The lowest BCUT2D eigenvalue weighted by Gasteiger charge is -2.36. The fourth-order valence-corrected chi connectivity index (χ4v) is 3.56. The number of rotatable bonds is 7. The number of ether oxygens (including phenoxy) is 1. The maximum atomic E-state index is 5.41. The summed E-state index contributed by atoms with van der Waals surface area (Å²) in [4.78, 5) is 11.3. The summed E-state index contributed by atoms with van der Waals surface area (Å²) in [6, 6.07) is 10.8. The van der Waals surface area contributed by atoms with Gasteiger partial charge in [0.1, 0.15) is 23.7 Å². The molecule has 1 atom stereocenters. The Morgan fingerprint density at radius 2 is 2.12 bits per heavy atom. The third-order valence-electron chi connectivity index (χ3n) is 4.94. The van der Waals surface area contributed by atoms with Crippen LogP contribution < -0.4 is 15.0 Å². The van der Waals surface area contributed by atoms with E-state index >= 15 is 0 Å². The summed E-state index contributed by atoms with van der Waals surface area (Å²) in [5, 5.41) is 3.42. The number of piperidine rings is 1. The van der Waals surface area contributed by atoms with Gasteiger partial charge in [-0.1, -0.05) is 25.1 Å². The van der Waals surface area contributed by atoms with Crippen LogP contribution in [0.15, 0.2) is 36.7 Å². The van der Waals surface area contributed by atoms with E-state index in [1.807, 2.05) is 18.2 Å². The highest BCUT2D eigenvalue weighted by Gasteiger charge is 2.22. The molecule has 2 heterocycles. The quantitative estimate of drug-likeness (QED) is 0.828. The fourth-order valence-electron chi connectivity index (χ4n) is 3.56. The molecule has 1 unspecified atom stereocenters. The van der Waals surface area contributed by atoms with E-state index in [0.717, 1.165) is 36.9 Å². The van der Waals surface area contributed by atoms with Crippen LogP contribution in [0.25, 0.3) is 0 Å². The molecule has 0 spiro atoms. The standard InChI is InChI=1S/C20H28N4O/c1-3-17-9-6-7-13-24(17)20-14-19(22-15-23-20)21-12-11-16-8-4-5-10-18(16)25-2/h4-5,8,10,14-15,17H,3,6-7,9,11-13H2,1-2H3,(H,21,22,23). The number of aromatic nitrogens is 2. The summed E-state index contributed by atoms with van der Waals surface area (Å²) in [5.74, 6) is 2.87. The molecule has 0 aliphatic carbocycles. The van der Waals surface area contributed by atoms with Gasteiger partial charge in [-0.15, -0.1) is 0 Å². The number of nitrogens with zero attached hydrogens (tertiary/aromatic N) is 3. The van der Waals surface area contributed by atoms with Gasteiger partial charge in [0.05, 0.1) is 7.11 Å². The fraction of sp³-hybridized carbons (Fsp3) is 0.500. The van der Waals surface area contributed by atoms with E-state index in [4.69, 9.17) is 4.74 Å². The van der Waals surface area contributed by atoms with Crippen molar-refractivity contribution in [2.45, 2.75) is 45.1 Å². The van der Waals surface area contributed by atoms with Crippen LogP contribution in [-0.2, 0) is 6.42 Å². The Bertz CT molecular complexity index is 676. The van der Waals surface area contributed by atoms with Crippen LogP contribution in [0.4, 0.5) is 11.6 Å². The predicted octanol–water partition coefficient (Wildman–Crippen LogP) is 3.91. The molecule has 3 rings (SSSR count). The first-order chi connectivity index (χ1) is 12.3. The molecule has 1 aromatic heterocycles. The van der Waals surface area contributed by atoms with Gasteiger partial charge in [-0.2, -0.15) is 0 Å². The van der Waals surface area contributed by atoms with E-state index in [0.29, 0.717) is 6.04 Å².